The summed E-state index contributed by atoms with van der Waals surface area (Å²) in [6.45, 7) is 4.27. The monoisotopic (exact) mass is 408 g/mol. The third-order valence-electron chi connectivity index (χ3n) is 4.40. The molecule has 0 saturated carbocycles. The van der Waals surface area contributed by atoms with E-state index >= 15 is 0 Å². The molecule has 1 aliphatic heterocycles. The van der Waals surface area contributed by atoms with Crippen molar-refractivity contribution in [3.05, 3.63) is 28.7 Å². The number of hydrogen-bond acceptors (Lipinski definition) is 4. The number of likely N-dealkylation sites (tertiary alicyclic amines) is 1. The number of piperidine rings is 1. The second kappa shape index (κ2) is 7.70. The Morgan fingerprint density at radius 2 is 2.04 bits per heavy atom. The molecule has 2 heterocycles. The third-order valence-corrected chi connectivity index (χ3v) is 5.92. The summed E-state index contributed by atoms with van der Waals surface area (Å²) in [6, 6.07) is 8.50. The van der Waals surface area contributed by atoms with Gasteiger partial charge in [-0.05, 0) is 39.2 Å². The number of aromatic nitrogens is 3. The number of benzene rings is 1. The summed E-state index contributed by atoms with van der Waals surface area (Å²) in [5, 5.41) is 7.77. The van der Waals surface area contributed by atoms with Crippen LogP contribution in [0.5, 0.6) is 0 Å². The van der Waals surface area contributed by atoms with Gasteiger partial charge in [0.15, 0.2) is 5.82 Å². The molecule has 0 bridgehead atoms. The molecule has 1 aromatic carbocycles. The first-order chi connectivity index (χ1) is 11.6. The summed E-state index contributed by atoms with van der Waals surface area (Å²) in [6.07, 6.45) is 3.39. The molecule has 0 spiro atoms. The zero-order valence-electron chi connectivity index (χ0n) is 13.8. The molecule has 1 N–H and O–H groups in total. The number of rotatable bonds is 4. The van der Waals surface area contributed by atoms with E-state index in [0.717, 1.165) is 22.9 Å². The van der Waals surface area contributed by atoms with Gasteiger partial charge in [0.1, 0.15) is 0 Å². The molecule has 7 heteroatoms. The molecule has 0 radical (unpaired) electrons. The molecule has 2 aromatic rings. The minimum absolute atomic E-state index is 0.173. The quantitative estimate of drug-likeness (QED) is 0.772. The van der Waals surface area contributed by atoms with Crippen LogP contribution in [0.2, 0.25) is 0 Å². The molecule has 1 fully saturated rings. The average Bonchev–Trinajstić information content (AvgIpc) is 3.02. The van der Waals surface area contributed by atoms with Gasteiger partial charge in [0.05, 0.1) is 5.75 Å². The largest absolute Gasteiger partial charge is 0.337 e. The second-order valence-corrected chi connectivity index (χ2v) is 7.96. The molecule has 1 saturated heterocycles. The Morgan fingerprint density at radius 1 is 1.33 bits per heavy atom. The first kappa shape index (κ1) is 17.5. The van der Waals surface area contributed by atoms with Crippen LogP contribution in [0.4, 0.5) is 0 Å². The Hall–Kier alpha value is -1.34. The van der Waals surface area contributed by atoms with Crippen LogP contribution < -0.4 is 0 Å². The summed E-state index contributed by atoms with van der Waals surface area (Å²) in [7, 11) is 0. The van der Waals surface area contributed by atoms with Crippen LogP contribution in [0, 0.1) is 0 Å². The fourth-order valence-corrected chi connectivity index (χ4v) is 4.34. The molecular formula is C17H21BrN4OS. The van der Waals surface area contributed by atoms with E-state index in [1.165, 1.54) is 18.2 Å². The summed E-state index contributed by atoms with van der Waals surface area (Å²) < 4.78 is 0.963. The standard InChI is InChI=1S/C17H21BrN4OS/c1-11-6-5-7-12(2)22(11)15(23)10-24-17-19-16(20-21-17)13-8-3-4-9-14(13)18/h3-4,8-9,11-12H,5-7,10H2,1-2H3,(H,19,20,21)/t11-,12+. The van der Waals surface area contributed by atoms with Crippen LogP contribution >= 0.6 is 27.7 Å². The van der Waals surface area contributed by atoms with Crippen molar-refractivity contribution in [3.8, 4) is 11.4 Å². The Kier molecular flexibility index (Phi) is 5.61. The van der Waals surface area contributed by atoms with Crippen molar-refractivity contribution in [1.29, 1.82) is 0 Å². The van der Waals surface area contributed by atoms with E-state index in [0.29, 0.717) is 28.8 Å². The molecule has 128 valence electrons. The van der Waals surface area contributed by atoms with Crippen LogP contribution in [-0.4, -0.2) is 43.8 Å². The highest BCUT2D eigenvalue weighted by molar-refractivity contribution is 9.10. The fraction of sp³-hybridized carbons (Fsp3) is 0.471. The lowest BCUT2D eigenvalue weighted by atomic mass is 9.98. The highest BCUT2D eigenvalue weighted by Crippen LogP contribution is 2.27. The van der Waals surface area contributed by atoms with Crippen molar-refractivity contribution in [1.82, 2.24) is 20.1 Å². The third kappa shape index (κ3) is 3.83. The Balaban J connectivity index is 1.63. The molecule has 5 nitrogen and oxygen atoms in total. The predicted molar refractivity (Wildman–Crippen MR) is 99.9 cm³/mol. The van der Waals surface area contributed by atoms with Crippen molar-refractivity contribution in [2.45, 2.75) is 50.4 Å². The number of aromatic amines is 1. The maximum absolute atomic E-state index is 12.6. The van der Waals surface area contributed by atoms with Gasteiger partial charge in [0.2, 0.25) is 11.1 Å². The number of halogens is 1. The first-order valence-corrected chi connectivity index (χ1v) is 9.95. The zero-order chi connectivity index (χ0) is 17.1. The number of amides is 1. The normalized spacial score (nSPS) is 21.0. The number of nitrogens with zero attached hydrogens (tertiary/aromatic N) is 3. The van der Waals surface area contributed by atoms with Gasteiger partial charge < -0.3 is 4.90 Å². The highest BCUT2D eigenvalue weighted by Gasteiger charge is 2.28. The van der Waals surface area contributed by atoms with Crippen LogP contribution in [-0.2, 0) is 4.79 Å². The van der Waals surface area contributed by atoms with E-state index in [1.807, 2.05) is 29.2 Å². The molecule has 3 rings (SSSR count). The van der Waals surface area contributed by atoms with Gasteiger partial charge in [0.25, 0.3) is 0 Å². The lowest BCUT2D eigenvalue weighted by Crippen LogP contribution is -2.48. The highest BCUT2D eigenvalue weighted by atomic mass is 79.9. The van der Waals surface area contributed by atoms with Gasteiger partial charge in [0, 0.05) is 22.1 Å². The molecule has 24 heavy (non-hydrogen) atoms. The topological polar surface area (TPSA) is 61.9 Å². The van der Waals surface area contributed by atoms with Gasteiger partial charge in [-0.2, -0.15) is 0 Å². The number of carbonyl (C=O) groups is 1. The lowest BCUT2D eigenvalue weighted by Gasteiger charge is -2.39. The van der Waals surface area contributed by atoms with Crippen LogP contribution in [0.3, 0.4) is 0 Å². The van der Waals surface area contributed by atoms with Gasteiger partial charge in [-0.15, -0.1) is 5.10 Å². The van der Waals surface area contributed by atoms with E-state index < -0.39 is 0 Å². The maximum Gasteiger partial charge on any atom is 0.233 e. The molecule has 0 aliphatic carbocycles. The van der Waals surface area contributed by atoms with E-state index in [-0.39, 0.29) is 5.91 Å². The zero-order valence-corrected chi connectivity index (χ0v) is 16.2. The average molecular weight is 409 g/mol. The molecule has 1 amide bonds. The van der Waals surface area contributed by atoms with Crippen molar-refractivity contribution >= 4 is 33.6 Å². The molecule has 0 unspecified atom stereocenters. The smallest absolute Gasteiger partial charge is 0.233 e. The van der Waals surface area contributed by atoms with Gasteiger partial charge >= 0.3 is 0 Å². The van der Waals surface area contributed by atoms with Crippen molar-refractivity contribution in [2.24, 2.45) is 0 Å². The molecule has 2 atom stereocenters. The number of thioether (sulfide) groups is 1. The Labute approximate surface area is 154 Å². The predicted octanol–water partition coefficient (Wildman–Crippen LogP) is 4.12. The van der Waals surface area contributed by atoms with E-state index in [4.69, 9.17) is 0 Å². The molecular weight excluding hydrogens is 388 g/mol. The molecule has 1 aliphatic rings. The van der Waals surface area contributed by atoms with Gasteiger partial charge in [-0.3, -0.25) is 9.89 Å². The molecule has 1 aromatic heterocycles. The summed E-state index contributed by atoms with van der Waals surface area (Å²) in [4.78, 5) is 19.1. The number of H-pyrrole nitrogens is 1. The minimum Gasteiger partial charge on any atom is -0.337 e. The number of carbonyl (C=O) groups excluding carboxylic acids is 1. The first-order valence-electron chi connectivity index (χ1n) is 8.17. The fourth-order valence-electron chi connectivity index (χ4n) is 3.20. The van der Waals surface area contributed by atoms with Crippen LogP contribution in [0.1, 0.15) is 33.1 Å². The maximum atomic E-state index is 12.6. The second-order valence-electron chi connectivity index (χ2n) is 6.17. The number of hydrogen-bond donors (Lipinski definition) is 1. The van der Waals surface area contributed by atoms with Gasteiger partial charge in [-0.25, -0.2) is 4.98 Å². The van der Waals surface area contributed by atoms with E-state index in [9.17, 15) is 4.79 Å². The lowest BCUT2D eigenvalue weighted by molar-refractivity contribution is -0.134. The van der Waals surface area contributed by atoms with Crippen LogP contribution in [0.15, 0.2) is 33.9 Å². The van der Waals surface area contributed by atoms with E-state index in [1.54, 1.807) is 0 Å². The summed E-state index contributed by atoms with van der Waals surface area (Å²) in [5.41, 5.74) is 0.960. The Bertz CT molecular complexity index is 710. The summed E-state index contributed by atoms with van der Waals surface area (Å²) in [5.74, 6) is 1.26. The van der Waals surface area contributed by atoms with E-state index in [2.05, 4.69) is 45.0 Å². The Morgan fingerprint density at radius 3 is 2.75 bits per heavy atom. The van der Waals surface area contributed by atoms with Crippen LogP contribution in [0.25, 0.3) is 11.4 Å². The van der Waals surface area contributed by atoms with Crippen molar-refractivity contribution in [3.63, 3.8) is 0 Å². The minimum atomic E-state index is 0.173. The SMILES string of the molecule is C[C@@H]1CCC[C@H](C)N1C(=O)CSc1n[nH]c(-c2ccccc2Br)n1. The van der Waals surface area contributed by atoms with Crippen molar-refractivity contribution < 1.29 is 4.79 Å². The number of nitrogens with one attached hydrogen (secondary N) is 1. The summed E-state index contributed by atoms with van der Waals surface area (Å²) >= 11 is 4.90. The van der Waals surface area contributed by atoms with Gasteiger partial charge in [-0.1, -0.05) is 45.9 Å². The van der Waals surface area contributed by atoms with Crippen molar-refractivity contribution in [2.75, 3.05) is 5.75 Å².